The lowest BCUT2D eigenvalue weighted by atomic mass is 10.2. The fraction of sp³-hybridized carbons (Fsp3) is 0.312. The van der Waals surface area contributed by atoms with Crippen LogP contribution in [0.15, 0.2) is 54.1 Å². The number of nitrogens with one attached hydrogen (secondary N) is 1. The van der Waals surface area contributed by atoms with Crippen molar-refractivity contribution in [3.63, 3.8) is 0 Å². The Morgan fingerprint density at radius 2 is 2.12 bits per heavy atom. The van der Waals surface area contributed by atoms with Crippen molar-refractivity contribution in [3.05, 3.63) is 49.3 Å². The van der Waals surface area contributed by atoms with Crippen LogP contribution < -0.4 is 5.32 Å². The van der Waals surface area contributed by atoms with E-state index in [9.17, 15) is 8.78 Å². The van der Waals surface area contributed by atoms with Gasteiger partial charge in [-0.05, 0) is 18.6 Å². The predicted molar refractivity (Wildman–Crippen MR) is 96.5 cm³/mol. The van der Waals surface area contributed by atoms with Crippen LogP contribution in [0.1, 0.15) is 19.4 Å². The third kappa shape index (κ3) is 4.38. The molecule has 0 bridgehead atoms. The topological polar surface area (TPSA) is 54.6 Å². The van der Waals surface area contributed by atoms with Crippen LogP contribution in [-0.4, -0.2) is 34.4 Å². The van der Waals surface area contributed by atoms with Crippen LogP contribution in [0.2, 0.25) is 5.15 Å². The Balaban J connectivity index is 0.00000139. The number of rotatable bonds is 4. The van der Waals surface area contributed by atoms with Crippen molar-refractivity contribution in [2.75, 3.05) is 12.4 Å². The molecule has 8 heteroatoms. The molecule has 1 saturated carbocycles. The van der Waals surface area contributed by atoms with Crippen LogP contribution in [0.3, 0.4) is 0 Å². The third-order valence-corrected chi connectivity index (χ3v) is 3.51. The summed E-state index contributed by atoms with van der Waals surface area (Å²) in [6.45, 7) is 15.2. The normalized spacial score (nSPS) is 19.1. The summed E-state index contributed by atoms with van der Waals surface area (Å²) in [4.78, 5) is 8.22. The number of alkyl halides is 2. The maximum Gasteiger partial charge on any atom is 0.272 e. The van der Waals surface area contributed by atoms with Gasteiger partial charge < -0.3 is 5.32 Å². The Hall–Kier alpha value is -2.28. The van der Waals surface area contributed by atoms with Gasteiger partial charge in [0.2, 0.25) is 5.96 Å². The molecule has 1 unspecified atom stereocenters. The molecule has 0 radical (unpaired) electrons. The number of hydrogen-bond donors (Lipinski definition) is 1. The van der Waals surface area contributed by atoms with Crippen molar-refractivity contribution in [2.24, 2.45) is 9.98 Å². The van der Waals surface area contributed by atoms with E-state index in [-0.39, 0.29) is 17.5 Å². The molecule has 130 valence electrons. The Morgan fingerprint density at radius 1 is 1.54 bits per heavy atom. The summed E-state index contributed by atoms with van der Waals surface area (Å²) >= 11 is 6.08. The molecule has 1 fully saturated rings. The number of aromatic nitrogens is 2. The molecule has 1 aliphatic rings. The van der Waals surface area contributed by atoms with Gasteiger partial charge in [0.15, 0.2) is 5.15 Å². The third-order valence-electron chi connectivity index (χ3n) is 3.14. The first-order valence-electron chi connectivity index (χ1n) is 7.01. The molecule has 0 amide bonds. The summed E-state index contributed by atoms with van der Waals surface area (Å²) in [5.41, 5.74) is 1.64. The van der Waals surface area contributed by atoms with Crippen molar-refractivity contribution in [2.45, 2.75) is 25.3 Å². The van der Waals surface area contributed by atoms with Gasteiger partial charge in [-0.3, -0.25) is 4.99 Å². The summed E-state index contributed by atoms with van der Waals surface area (Å²) in [5.74, 6) is -2.50. The van der Waals surface area contributed by atoms with Crippen molar-refractivity contribution >= 4 is 29.0 Å². The Kier molecular flexibility index (Phi) is 6.60. The average Bonchev–Trinajstić information content (AvgIpc) is 3.03. The molecule has 2 rings (SSSR count). The van der Waals surface area contributed by atoms with E-state index in [1.165, 1.54) is 6.20 Å². The lowest BCUT2D eigenvalue weighted by Crippen LogP contribution is -2.12. The monoisotopic (exact) mass is 355 g/mol. The van der Waals surface area contributed by atoms with Gasteiger partial charge in [-0.2, -0.15) is 5.10 Å². The number of halogens is 3. The highest BCUT2D eigenvalue weighted by molar-refractivity contribution is 6.32. The molecular weight excluding hydrogens is 336 g/mol. The lowest BCUT2D eigenvalue weighted by Gasteiger charge is -2.06. The maximum atomic E-state index is 13.1. The molecule has 5 nitrogen and oxygen atoms in total. The van der Waals surface area contributed by atoms with E-state index in [0.29, 0.717) is 11.4 Å². The van der Waals surface area contributed by atoms with Gasteiger partial charge in [-0.25, -0.2) is 18.5 Å². The standard InChI is InChI=1S/C14H16ClF2N5.C2H4/c1-5-9(8(2)3)20-13(18-4)21-10-7-19-22(12(10)15)11-6-14(11,16)17;1-2/h5,7,11H,1-2,6H2,3-4H3,(H,18,21);1-2H2/b20-9-;. The zero-order valence-corrected chi connectivity index (χ0v) is 14.4. The van der Waals surface area contributed by atoms with Crippen LogP contribution >= 0.6 is 11.6 Å². The summed E-state index contributed by atoms with van der Waals surface area (Å²) in [6.07, 6.45) is 2.66. The summed E-state index contributed by atoms with van der Waals surface area (Å²) in [5, 5.41) is 6.85. The number of anilines is 1. The minimum atomic E-state index is -2.75. The second-order valence-electron chi connectivity index (χ2n) is 4.93. The molecule has 0 aromatic carbocycles. The summed E-state index contributed by atoms with van der Waals surface area (Å²) in [7, 11) is 1.54. The van der Waals surface area contributed by atoms with Gasteiger partial charge in [0.1, 0.15) is 6.04 Å². The van der Waals surface area contributed by atoms with Crippen molar-refractivity contribution in [3.8, 4) is 0 Å². The highest BCUT2D eigenvalue weighted by Gasteiger charge is 2.59. The highest BCUT2D eigenvalue weighted by Crippen LogP contribution is 2.53. The number of allylic oxidation sites excluding steroid dienone is 2. The van der Waals surface area contributed by atoms with Gasteiger partial charge in [-0.15, -0.1) is 13.2 Å². The lowest BCUT2D eigenvalue weighted by molar-refractivity contribution is 0.0984. The largest absolute Gasteiger partial charge is 0.321 e. The first-order valence-corrected chi connectivity index (χ1v) is 7.39. The predicted octanol–water partition coefficient (Wildman–Crippen LogP) is 4.52. The first kappa shape index (κ1) is 19.8. The smallest absolute Gasteiger partial charge is 0.272 e. The van der Waals surface area contributed by atoms with Gasteiger partial charge in [0.05, 0.1) is 17.6 Å². The van der Waals surface area contributed by atoms with Crippen LogP contribution in [0.4, 0.5) is 14.5 Å². The van der Waals surface area contributed by atoms with Gasteiger partial charge in [0.25, 0.3) is 5.92 Å². The van der Waals surface area contributed by atoms with Crippen LogP contribution in [0, 0.1) is 0 Å². The highest BCUT2D eigenvalue weighted by atomic mass is 35.5. The van der Waals surface area contributed by atoms with Gasteiger partial charge >= 0.3 is 0 Å². The molecular formula is C16H20ClF2N5. The van der Waals surface area contributed by atoms with Crippen LogP contribution in [-0.2, 0) is 0 Å². The van der Waals surface area contributed by atoms with Crippen LogP contribution in [0.5, 0.6) is 0 Å². The molecule has 1 aromatic rings. The zero-order valence-electron chi connectivity index (χ0n) is 13.7. The van der Waals surface area contributed by atoms with Crippen LogP contribution in [0.25, 0.3) is 0 Å². The molecule has 1 aromatic heterocycles. The molecule has 1 aliphatic carbocycles. The van der Waals surface area contributed by atoms with E-state index in [4.69, 9.17) is 11.6 Å². The fourth-order valence-electron chi connectivity index (χ4n) is 1.80. The minimum absolute atomic E-state index is 0.0917. The minimum Gasteiger partial charge on any atom is -0.321 e. The summed E-state index contributed by atoms with van der Waals surface area (Å²) in [6, 6.07) is -0.986. The molecule has 1 N–H and O–H groups in total. The molecule has 1 atom stereocenters. The SMILES string of the molecule is C=C.C=C/C(=N/C(=NC)Nc1cnn(C2CC2(F)F)c1Cl)C(=C)C. The molecule has 1 heterocycles. The number of guanidine groups is 1. The second kappa shape index (κ2) is 8.01. The number of aliphatic imine (C=N–C) groups is 2. The van der Waals surface area contributed by atoms with E-state index < -0.39 is 12.0 Å². The number of nitrogens with zero attached hydrogens (tertiary/aromatic N) is 4. The van der Waals surface area contributed by atoms with E-state index in [2.05, 4.69) is 46.7 Å². The van der Waals surface area contributed by atoms with Crippen molar-refractivity contribution in [1.82, 2.24) is 9.78 Å². The van der Waals surface area contributed by atoms with Gasteiger partial charge in [0, 0.05) is 13.5 Å². The first-order chi connectivity index (χ1) is 11.3. The molecule has 0 spiro atoms. The Morgan fingerprint density at radius 3 is 2.54 bits per heavy atom. The molecule has 0 aliphatic heterocycles. The fourth-order valence-corrected chi connectivity index (χ4v) is 2.05. The Bertz CT molecular complexity index is 691. The van der Waals surface area contributed by atoms with E-state index in [0.717, 1.165) is 10.3 Å². The maximum absolute atomic E-state index is 13.1. The summed E-state index contributed by atoms with van der Waals surface area (Å²) < 4.78 is 27.3. The number of hydrogen-bond acceptors (Lipinski definition) is 2. The van der Waals surface area contributed by atoms with E-state index >= 15 is 0 Å². The van der Waals surface area contributed by atoms with Crippen molar-refractivity contribution in [1.29, 1.82) is 0 Å². The average molecular weight is 356 g/mol. The van der Waals surface area contributed by atoms with Crippen molar-refractivity contribution < 1.29 is 8.78 Å². The second-order valence-corrected chi connectivity index (χ2v) is 5.29. The zero-order chi connectivity index (χ0) is 18.5. The Labute approximate surface area is 145 Å². The quantitative estimate of drug-likeness (QED) is 0.490. The van der Waals surface area contributed by atoms with E-state index in [1.54, 1.807) is 20.0 Å². The molecule has 24 heavy (non-hydrogen) atoms. The molecule has 0 saturated heterocycles. The van der Waals surface area contributed by atoms with E-state index in [1.807, 2.05) is 0 Å². The van der Waals surface area contributed by atoms with Gasteiger partial charge in [-0.1, -0.05) is 24.8 Å².